The van der Waals surface area contributed by atoms with Gasteiger partial charge in [0, 0.05) is 30.9 Å². The Morgan fingerprint density at radius 3 is 2.65 bits per heavy atom. The summed E-state index contributed by atoms with van der Waals surface area (Å²) >= 11 is 0. The van der Waals surface area contributed by atoms with Crippen LogP contribution in [0.15, 0.2) is 42.7 Å². The van der Waals surface area contributed by atoms with E-state index in [4.69, 9.17) is 0 Å². The smallest absolute Gasteiger partial charge is 0.245 e. The Hall–Kier alpha value is -2.89. The Morgan fingerprint density at radius 2 is 1.84 bits per heavy atom. The molecule has 1 aliphatic carbocycles. The van der Waals surface area contributed by atoms with Gasteiger partial charge in [0.25, 0.3) is 0 Å². The van der Waals surface area contributed by atoms with Gasteiger partial charge in [-0.05, 0) is 74.1 Å². The van der Waals surface area contributed by atoms with Crippen molar-refractivity contribution >= 4 is 23.2 Å². The minimum absolute atomic E-state index is 0.00609. The molecule has 1 saturated carbocycles. The van der Waals surface area contributed by atoms with Crippen LogP contribution in [0.1, 0.15) is 88.8 Å². The van der Waals surface area contributed by atoms with Gasteiger partial charge in [-0.25, -0.2) is 0 Å². The number of benzene rings is 1. The molecule has 1 saturated heterocycles. The Bertz CT molecular complexity index is 1100. The fourth-order valence-corrected chi connectivity index (χ4v) is 6.46. The molecule has 0 radical (unpaired) electrons. The molecule has 3 unspecified atom stereocenters. The largest absolute Gasteiger partial charge is 0.344 e. The van der Waals surface area contributed by atoms with E-state index in [1.54, 1.807) is 0 Å². The predicted molar refractivity (Wildman–Crippen MR) is 148 cm³/mol. The zero-order valence-corrected chi connectivity index (χ0v) is 22.5. The molecule has 2 fully saturated rings. The molecule has 3 atom stereocenters. The number of likely N-dealkylation sites (tertiary alicyclic amines) is 1. The van der Waals surface area contributed by atoms with Crippen LogP contribution in [-0.4, -0.2) is 40.8 Å². The van der Waals surface area contributed by atoms with Crippen molar-refractivity contribution in [1.82, 2.24) is 15.2 Å². The number of amides is 2. The third-order valence-electron chi connectivity index (χ3n) is 8.83. The first-order valence-corrected chi connectivity index (χ1v) is 14.5. The van der Waals surface area contributed by atoms with Crippen LogP contribution in [0.5, 0.6) is 0 Å². The van der Waals surface area contributed by atoms with Gasteiger partial charge in [0.1, 0.15) is 6.04 Å². The molecule has 5 rings (SSSR count). The number of hydrogen-bond donors (Lipinski definition) is 1. The summed E-state index contributed by atoms with van der Waals surface area (Å²) < 4.78 is 0. The summed E-state index contributed by atoms with van der Waals surface area (Å²) in [5, 5.41) is 3.21. The number of aryl methyl sites for hydroxylation is 1. The lowest BCUT2D eigenvalue weighted by atomic mass is 9.83. The number of rotatable bonds is 7. The molecule has 1 aromatic carbocycles. The van der Waals surface area contributed by atoms with Gasteiger partial charge in [0.05, 0.1) is 17.9 Å². The maximum Gasteiger partial charge on any atom is 0.245 e. The summed E-state index contributed by atoms with van der Waals surface area (Å²) in [6, 6.07) is 10.4. The van der Waals surface area contributed by atoms with Crippen LogP contribution in [0.25, 0.3) is 0 Å². The van der Waals surface area contributed by atoms with Gasteiger partial charge in [0.15, 0.2) is 0 Å². The first-order valence-electron chi connectivity index (χ1n) is 14.5. The number of para-hydroxylation sites is 1. The van der Waals surface area contributed by atoms with Crippen molar-refractivity contribution in [3.05, 3.63) is 53.9 Å². The number of hydrogen-bond acceptors (Lipinski definition) is 4. The monoisotopic (exact) mass is 502 g/mol. The first-order chi connectivity index (χ1) is 18.1. The van der Waals surface area contributed by atoms with Gasteiger partial charge >= 0.3 is 0 Å². The first kappa shape index (κ1) is 25.7. The molecule has 3 aliphatic rings. The summed E-state index contributed by atoms with van der Waals surface area (Å²) in [5.41, 5.74) is 4.83. The lowest BCUT2D eigenvalue weighted by molar-refractivity contribution is -0.140. The summed E-state index contributed by atoms with van der Waals surface area (Å²) in [6.07, 6.45) is 14.3. The van der Waals surface area contributed by atoms with Crippen molar-refractivity contribution in [3.63, 3.8) is 0 Å². The van der Waals surface area contributed by atoms with Crippen molar-refractivity contribution < 1.29 is 9.59 Å². The number of nitrogens with one attached hydrogen (secondary N) is 1. The van der Waals surface area contributed by atoms with Crippen LogP contribution in [0.3, 0.4) is 0 Å². The van der Waals surface area contributed by atoms with Crippen LogP contribution >= 0.6 is 0 Å². The predicted octanol–water partition coefficient (Wildman–Crippen LogP) is 5.94. The molecule has 37 heavy (non-hydrogen) atoms. The van der Waals surface area contributed by atoms with Crippen molar-refractivity contribution in [1.29, 1.82) is 0 Å². The second kappa shape index (κ2) is 11.7. The topological polar surface area (TPSA) is 65.5 Å². The van der Waals surface area contributed by atoms with Crippen LogP contribution < -0.4 is 10.2 Å². The Kier molecular flexibility index (Phi) is 8.11. The number of carbonyl (C=O) groups excluding carboxylic acids is 2. The van der Waals surface area contributed by atoms with E-state index in [0.717, 1.165) is 82.1 Å². The zero-order valence-electron chi connectivity index (χ0n) is 22.5. The minimum Gasteiger partial charge on any atom is -0.344 e. The maximum atomic E-state index is 14.1. The Labute approximate surface area is 221 Å². The van der Waals surface area contributed by atoms with E-state index >= 15 is 0 Å². The number of carbonyl (C=O) groups is 2. The fraction of sp³-hybridized carbons (Fsp3) is 0.581. The van der Waals surface area contributed by atoms with E-state index < -0.39 is 6.04 Å². The second-order valence-electron chi connectivity index (χ2n) is 11.2. The SMILES string of the molecule is CCC(C)C(=O)NC(C(=O)N1CCCC1c1cncc(N2CCCc3ccccc32)c1)C1CCCCC1. The third-order valence-corrected chi connectivity index (χ3v) is 8.83. The second-order valence-corrected chi connectivity index (χ2v) is 11.2. The normalized spacial score (nSPS) is 21.8. The van der Waals surface area contributed by atoms with Crippen molar-refractivity contribution in [2.45, 2.75) is 90.1 Å². The molecule has 3 heterocycles. The molecule has 2 aliphatic heterocycles. The minimum atomic E-state index is -0.424. The average molecular weight is 503 g/mol. The maximum absolute atomic E-state index is 14.1. The number of nitrogens with zero attached hydrogens (tertiary/aromatic N) is 3. The van der Waals surface area contributed by atoms with Gasteiger partial charge in [0.2, 0.25) is 11.8 Å². The average Bonchev–Trinajstić information content (AvgIpc) is 3.45. The van der Waals surface area contributed by atoms with Gasteiger partial charge in [-0.3, -0.25) is 14.6 Å². The Balaban J connectivity index is 1.39. The number of anilines is 2. The van der Waals surface area contributed by atoms with Crippen molar-refractivity contribution in [2.24, 2.45) is 11.8 Å². The molecule has 0 bridgehead atoms. The molecule has 1 aromatic heterocycles. The molecule has 2 amide bonds. The molecular weight excluding hydrogens is 460 g/mol. The molecule has 6 heteroatoms. The van der Waals surface area contributed by atoms with Gasteiger partial charge in [-0.1, -0.05) is 51.3 Å². The highest BCUT2D eigenvalue weighted by Gasteiger charge is 2.39. The van der Waals surface area contributed by atoms with Crippen LogP contribution in [0, 0.1) is 11.8 Å². The van der Waals surface area contributed by atoms with Crippen LogP contribution in [0.4, 0.5) is 11.4 Å². The number of fused-ring (bicyclic) bond motifs is 1. The van der Waals surface area contributed by atoms with E-state index in [2.05, 4.69) is 45.5 Å². The van der Waals surface area contributed by atoms with E-state index in [1.807, 2.05) is 31.1 Å². The molecule has 2 aromatic rings. The van der Waals surface area contributed by atoms with Gasteiger partial charge < -0.3 is 15.1 Å². The highest BCUT2D eigenvalue weighted by atomic mass is 16.2. The summed E-state index contributed by atoms with van der Waals surface area (Å²) in [7, 11) is 0. The van der Waals surface area contributed by atoms with E-state index in [0.29, 0.717) is 0 Å². The lowest BCUT2D eigenvalue weighted by Gasteiger charge is -2.36. The highest BCUT2D eigenvalue weighted by molar-refractivity contribution is 5.89. The third kappa shape index (κ3) is 5.53. The summed E-state index contributed by atoms with van der Waals surface area (Å²) in [4.78, 5) is 36.1. The van der Waals surface area contributed by atoms with Crippen LogP contribution in [0.2, 0.25) is 0 Å². The molecule has 198 valence electrons. The standard InChI is InChI=1S/C31H42N4O2/c1-3-22(2)30(36)33-29(24-12-5-4-6-13-24)31(37)35-18-10-16-28(35)25-19-26(21-32-20-25)34-17-9-14-23-11-7-8-15-27(23)34/h7-8,11,15,19-22,24,28-29H,3-6,9-10,12-14,16-18H2,1-2H3,(H,33,36). The fourth-order valence-electron chi connectivity index (χ4n) is 6.46. The number of aromatic nitrogens is 1. The summed E-state index contributed by atoms with van der Waals surface area (Å²) in [6.45, 7) is 5.69. The molecule has 6 nitrogen and oxygen atoms in total. The quantitative estimate of drug-likeness (QED) is 0.509. The summed E-state index contributed by atoms with van der Waals surface area (Å²) in [5.74, 6) is 0.251. The highest BCUT2D eigenvalue weighted by Crippen LogP contribution is 2.38. The van der Waals surface area contributed by atoms with E-state index in [1.165, 1.54) is 17.7 Å². The van der Waals surface area contributed by atoms with Crippen LogP contribution in [-0.2, 0) is 16.0 Å². The van der Waals surface area contributed by atoms with E-state index in [-0.39, 0.29) is 29.7 Å². The van der Waals surface area contributed by atoms with E-state index in [9.17, 15) is 9.59 Å². The molecule has 1 N–H and O–H groups in total. The number of pyridine rings is 1. The van der Waals surface area contributed by atoms with Crippen molar-refractivity contribution in [2.75, 3.05) is 18.0 Å². The molecular formula is C31H42N4O2. The molecule has 0 spiro atoms. The van der Waals surface area contributed by atoms with Gasteiger partial charge in [-0.15, -0.1) is 0 Å². The lowest BCUT2D eigenvalue weighted by Crippen LogP contribution is -2.53. The Morgan fingerprint density at radius 1 is 1.03 bits per heavy atom. The van der Waals surface area contributed by atoms with Gasteiger partial charge in [-0.2, -0.15) is 0 Å². The van der Waals surface area contributed by atoms with Crippen molar-refractivity contribution in [3.8, 4) is 0 Å². The zero-order chi connectivity index (χ0) is 25.8.